The maximum atomic E-state index is 13.2. The fraction of sp³-hybridized carbons (Fsp3) is 0.267. The first-order valence-corrected chi connectivity index (χ1v) is 6.73. The zero-order valence-corrected chi connectivity index (χ0v) is 12.6. The van der Waals surface area contributed by atoms with Gasteiger partial charge in [-0.2, -0.15) is 0 Å². The Morgan fingerprint density at radius 3 is 2.74 bits per heavy atom. The molecule has 2 aromatic rings. The highest BCUT2D eigenvalue weighted by Gasteiger charge is 2.18. The Morgan fingerprint density at radius 1 is 1.39 bits per heavy atom. The lowest BCUT2D eigenvalue weighted by atomic mass is 10.3. The number of ether oxygens (including phenoxy) is 1. The second-order valence-corrected chi connectivity index (χ2v) is 4.92. The van der Waals surface area contributed by atoms with Gasteiger partial charge >= 0.3 is 5.69 Å². The van der Waals surface area contributed by atoms with Gasteiger partial charge in [0.2, 0.25) is 5.75 Å². The molecule has 23 heavy (non-hydrogen) atoms. The van der Waals surface area contributed by atoms with Crippen molar-refractivity contribution in [2.75, 3.05) is 13.7 Å². The van der Waals surface area contributed by atoms with Gasteiger partial charge in [-0.3, -0.25) is 14.9 Å². The van der Waals surface area contributed by atoms with Crippen molar-refractivity contribution in [3.8, 4) is 5.75 Å². The average molecular weight is 322 g/mol. The molecule has 1 amide bonds. The first-order chi connectivity index (χ1) is 10.9. The van der Waals surface area contributed by atoms with Gasteiger partial charge in [-0.25, -0.2) is 4.39 Å². The predicted octanol–water partition coefficient (Wildman–Crippen LogP) is 2.67. The number of halogens is 1. The molecule has 0 aliphatic carbocycles. The Hall–Kier alpha value is -2.90. The van der Waals surface area contributed by atoms with Crippen LogP contribution in [-0.2, 0) is 11.3 Å². The molecule has 0 radical (unpaired) electrons. The molecule has 0 N–H and O–H groups in total. The van der Waals surface area contributed by atoms with Crippen molar-refractivity contribution in [1.82, 2.24) is 4.90 Å². The van der Waals surface area contributed by atoms with Gasteiger partial charge in [0.1, 0.15) is 17.3 Å². The molecular weight excluding hydrogens is 307 g/mol. The van der Waals surface area contributed by atoms with Gasteiger partial charge in [-0.15, -0.1) is 0 Å². The van der Waals surface area contributed by atoms with E-state index in [2.05, 4.69) is 0 Å². The molecule has 0 atom stereocenters. The fourth-order valence-electron chi connectivity index (χ4n) is 1.90. The molecule has 8 heteroatoms. The predicted molar refractivity (Wildman–Crippen MR) is 78.5 cm³/mol. The van der Waals surface area contributed by atoms with E-state index in [1.807, 2.05) is 0 Å². The molecule has 122 valence electrons. The third-order valence-electron chi connectivity index (χ3n) is 3.08. The van der Waals surface area contributed by atoms with E-state index in [9.17, 15) is 19.3 Å². The number of furan rings is 1. The van der Waals surface area contributed by atoms with Crippen LogP contribution in [0.25, 0.3) is 0 Å². The molecule has 0 fully saturated rings. The molecule has 0 saturated heterocycles. The van der Waals surface area contributed by atoms with Crippen LogP contribution < -0.4 is 4.74 Å². The van der Waals surface area contributed by atoms with Crippen LogP contribution in [-0.4, -0.2) is 29.4 Å². The van der Waals surface area contributed by atoms with Crippen LogP contribution in [0.1, 0.15) is 11.5 Å². The van der Waals surface area contributed by atoms with Crippen molar-refractivity contribution >= 4 is 11.6 Å². The molecule has 0 aliphatic heterocycles. The normalized spacial score (nSPS) is 10.4. The Morgan fingerprint density at radius 2 is 2.13 bits per heavy atom. The van der Waals surface area contributed by atoms with Gasteiger partial charge in [0.15, 0.2) is 6.61 Å². The summed E-state index contributed by atoms with van der Waals surface area (Å²) in [6.07, 6.45) is 0. The first kappa shape index (κ1) is 16.5. The number of hydrogen-bond acceptors (Lipinski definition) is 5. The number of carbonyl (C=O) groups is 1. The van der Waals surface area contributed by atoms with Crippen LogP contribution in [0.4, 0.5) is 10.1 Å². The fourth-order valence-corrected chi connectivity index (χ4v) is 1.90. The molecule has 0 bridgehead atoms. The van der Waals surface area contributed by atoms with Crippen molar-refractivity contribution in [2.45, 2.75) is 13.5 Å². The summed E-state index contributed by atoms with van der Waals surface area (Å²) in [6, 6.07) is 6.35. The Labute approximate surface area is 131 Å². The van der Waals surface area contributed by atoms with Gasteiger partial charge in [0.25, 0.3) is 5.91 Å². The van der Waals surface area contributed by atoms with Crippen molar-refractivity contribution in [3.05, 3.63) is 57.8 Å². The molecule has 0 spiro atoms. The molecular formula is C15H15FN2O5. The minimum absolute atomic E-state index is 0.237. The Kier molecular flexibility index (Phi) is 4.95. The molecule has 0 aliphatic rings. The van der Waals surface area contributed by atoms with E-state index in [4.69, 9.17) is 9.15 Å². The van der Waals surface area contributed by atoms with Crippen molar-refractivity contribution in [1.29, 1.82) is 0 Å². The zero-order chi connectivity index (χ0) is 17.0. The number of rotatable bonds is 6. The average Bonchev–Trinajstić information content (AvgIpc) is 2.89. The summed E-state index contributed by atoms with van der Waals surface area (Å²) >= 11 is 0. The molecule has 1 heterocycles. The van der Waals surface area contributed by atoms with E-state index >= 15 is 0 Å². The van der Waals surface area contributed by atoms with Crippen molar-refractivity contribution in [2.24, 2.45) is 0 Å². The number of carbonyl (C=O) groups excluding carboxylic acids is 1. The summed E-state index contributed by atoms with van der Waals surface area (Å²) in [5.74, 6) is -0.0526. The first-order valence-electron chi connectivity index (χ1n) is 6.73. The minimum atomic E-state index is -0.700. The number of nitro benzene ring substituents is 1. The molecule has 0 unspecified atom stereocenters. The van der Waals surface area contributed by atoms with Gasteiger partial charge in [0, 0.05) is 19.2 Å². The van der Waals surface area contributed by atoms with Crippen molar-refractivity contribution < 1.29 is 23.3 Å². The number of nitrogens with zero attached hydrogens (tertiary/aromatic N) is 2. The summed E-state index contributed by atoms with van der Waals surface area (Å²) in [6.45, 7) is 1.58. The lowest BCUT2D eigenvalue weighted by Crippen LogP contribution is -2.30. The largest absolute Gasteiger partial charge is 0.477 e. The van der Waals surface area contributed by atoms with Crippen LogP contribution in [0.2, 0.25) is 0 Å². The monoisotopic (exact) mass is 322 g/mol. The smallest absolute Gasteiger partial charge is 0.311 e. The quantitative estimate of drug-likeness (QED) is 0.603. The van der Waals surface area contributed by atoms with Gasteiger partial charge < -0.3 is 14.1 Å². The van der Waals surface area contributed by atoms with E-state index < -0.39 is 28.9 Å². The summed E-state index contributed by atoms with van der Waals surface area (Å²) in [5.41, 5.74) is -0.400. The summed E-state index contributed by atoms with van der Waals surface area (Å²) in [7, 11) is 1.55. The molecule has 7 nitrogen and oxygen atoms in total. The Balaban J connectivity index is 1.98. The van der Waals surface area contributed by atoms with E-state index in [1.165, 1.54) is 4.90 Å². The van der Waals surface area contributed by atoms with E-state index in [0.717, 1.165) is 24.0 Å². The number of likely N-dealkylation sites (N-methyl/N-ethyl adjacent to an activating group) is 1. The highest BCUT2D eigenvalue weighted by atomic mass is 19.1. The standard InChI is InChI=1S/C15H15FN2O5/c1-10-3-5-12(23-10)8-17(2)15(19)9-22-14-7-11(16)4-6-13(14)18(20)21/h3-7H,8-9H2,1-2H3. The number of amides is 1. The van der Waals surface area contributed by atoms with Gasteiger partial charge in [-0.05, 0) is 25.1 Å². The maximum absolute atomic E-state index is 13.2. The minimum Gasteiger partial charge on any atom is -0.477 e. The van der Waals surface area contributed by atoms with E-state index in [1.54, 1.807) is 26.1 Å². The Bertz CT molecular complexity index is 728. The number of benzene rings is 1. The van der Waals surface area contributed by atoms with Gasteiger partial charge in [-0.1, -0.05) is 0 Å². The second kappa shape index (κ2) is 6.91. The lowest BCUT2D eigenvalue weighted by Gasteiger charge is -2.16. The van der Waals surface area contributed by atoms with E-state index in [0.29, 0.717) is 5.76 Å². The summed E-state index contributed by atoms with van der Waals surface area (Å²) in [5, 5.41) is 10.9. The SMILES string of the molecule is Cc1ccc(CN(C)C(=O)COc2cc(F)ccc2[N+](=O)[O-])o1. The summed E-state index contributed by atoms with van der Waals surface area (Å²) < 4.78 is 23.6. The zero-order valence-electron chi connectivity index (χ0n) is 12.6. The third-order valence-corrected chi connectivity index (χ3v) is 3.08. The third kappa shape index (κ3) is 4.29. The highest BCUT2D eigenvalue weighted by Crippen LogP contribution is 2.27. The van der Waals surface area contributed by atoms with E-state index in [-0.39, 0.29) is 12.3 Å². The van der Waals surface area contributed by atoms with Crippen LogP contribution in [0, 0.1) is 22.9 Å². The molecule has 0 saturated carbocycles. The summed E-state index contributed by atoms with van der Waals surface area (Å²) in [4.78, 5) is 23.5. The maximum Gasteiger partial charge on any atom is 0.311 e. The van der Waals surface area contributed by atoms with Crippen LogP contribution in [0.15, 0.2) is 34.7 Å². The highest BCUT2D eigenvalue weighted by molar-refractivity contribution is 5.77. The van der Waals surface area contributed by atoms with Crippen LogP contribution in [0.5, 0.6) is 5.75 Å². The number of hydrogen-bond donors (Lipinski definition) is 0. The second-order valence-electron chi connectivity index (χ2n) is 4.92. The number of aryl methyl sites for hydroxylation is 1. The number of nitro groups is 1. The van der Waals surface area contributed by atoms with Crippen molar-refractivity contribution in [3.63, 3.8) is 0 Å². The van der Waals surface area contributed by atoms with Crippen LogP contribution in [0.3, 0.4) is 0 Å². The molecule has 2 rings (SSSR count). The molecule has 1 aromatic heterocycles. The lowest BCUT2D eigenvalue weighted by molar-refractivity contribution is -0.385. The van der Waals surface area contributed by atoms with Gasteiger partial charge in [0.05, 0.1) is 11.5 Å². The topological polar surface area (TPSA) is 85.8 Å². The molecule has 1 aromatic carbocycles. The van der Waals surface area contributed by atoms with Crippen LogP contribution >= 0.6 is 0 Å².